The lowest BCUT2D eigenvalue weighted by molar-refractivity contribution is 0.379. The van der Waals surface area contributed by atoms with E-state index in [1.165, 1.54) is 12.1 Å². The van der Waals surface area contributed by atoms with Crippen LogP contribution in [0.5, 0.6) is 11.6 Å². The Morgan fingerprint density at radius 1 is 1.10 bits per heavy atom. The first-order valence-electron chi connectivity index (χ1n) is 9.59. The number of nitrogens with two attached hydrogens (primary N) is 1. The number of hydrogen-bond acceptors (Lipinski definition) is 5. The molecular weight excluding hydrogens is 395 g/mol. The number of rotatable bonds is 3. The van der Waals surface area contributed by atoms with Gasteiger partial charge in [0, 0.05) is 10.9 Å². The van der Waals surface area contributed by atoms with Gasteiger partial charge in [-0.2, -0.15) is 5.26 Å². The standard InChI is InChI=1S/C24H17FN4O2/c1-30-19-11-10-17(15-4-2-3-5-16(15)19)20-18(12-26)23(27)31-24-21(20)22(28-29-24)13-6-8-14(25)9-7-13/h2-11,20H,27H2,1H3,(H,28,29)/t20-/m1/s1. The fourth-order valence-electron chi connectivity index (χ4n) is 4.12. The molecule has 0 spiro atoms. The molecule has 0 saturated carbocycles. The number of nitrogens with zero attached hydrogens (tertiary/aromatic N) is 2. The van der Waals surface area contributed by atoms with Crippen LogP contribution in [0.2, 0.25) is 0 Å². The Balaban J connectivity index is 1.81. The molecule has 6 nitrogen and oxygen atoms in total. The van der Waals surface area contributed by atoms with Gasteiger partial charge in [-0.1, -0.05) is 30.3 Å². The molecule has 0 unspecified atom stereocenters. The van der Waals surface area contributed by atoms with Crippen LogP contribution in [-0.4, -0.2) is 17.3 Å². The molecule has 0 bridgehead atoms. The normalized spacial score (nSPS) is 15.3. The SMILES string of the molecule is COc1ccc([C@@H]2C(C#N)=C(N)Oc3n[nH]c(-c4ccc(F)cc4)c32)c2ccccc12. The summed E-state index contributed by atoms with van der Waals surface area (Å²) in [5.41, 5.74) is 9.29. The molecule has 0 radical (unpaired) electrons. The number of nitriles is 1. The molecule has 0 aliphatic carbocycles. The summed E-state index contributed by atoms with van der Waals surface area (Å²) in [4.78, 5) is 0. The van der Waals surface area contributed by atoms with Crippen LogP contribution in [0.15, 0.2) is 72.1 Å². The Morgan fingerprint density at radius 3 is 2.55 bits per heavy atom. The van der Waals surface area contributed by atoms with E-state index in [9.17, 15) is 9.65 Å². The summed E-state index contributed by atoms with van der Waals surface area (Å²) >= 11 is 0. The fraction of sp³-hybridized carbons (Fsp3) is 0.0833. The van der Waals surface area contributed by atoms with Gasteiger partial charge in [0.15, 0.2) is 0 Å². The molecule has 31 heavy (non-hydrogen) atoms. The van der Waals surface area contributed by atoms with Crippen LogP contribution in [0.1, 0.15) is 17.0 Å². The van der Waals surface area contributed by atoms with Crippen molar-refractivity contribution in [3.8, 4) is 29.0 Å². The quantitative estimate of drug-likeness (QED) is 0.513. The molecule has 2 heterocycles. The maximum Gasteiger partial charge on any atom is 0.244 e. The minimum absolute atomic E-state index is 0.0112. The average Bonchev–Trinajstić information content (AvgIpc) is 3.21. The molecule has 3 aromatic carbocycles. The second-order valence-electron chi connectivity index (χ2n) is 7.15. The van der Waals surface area contributed by atoms with Crippen molar-refractivity contribution in [1.29, 1.82) is 5.26 Å². The molecule has 3 N–H and O–H groups in total. The number of nitrogens with one attached hydrogen (secondary N) is 1. The van der Waals surface area contributed by atoms with E-state index in [0.29, 0.717) is 17.1 Å². The van der Waals surface area contributed by atoms with Crippen molar-refractivity contribution in [3.63, 3.8) is 0 Å². The summed E-state index contributed by atoms with van der Waals surface area (Å²) in [6.07, 6.45) is 0. The zero-order valence-electron chi connectivity index (χ0n) is 16.5. The second kappa shape index (κ2) is 7.18. The largest absolute Gasteiger partial charge is 0.496 e. The van der Waals surface area contributed by atoms with Crippen molar-refractivity contribution in [1.82, 2.24) is 10.2 Å². The minimum Gasteiger partial charge on any atom is -0.496 e. The fourth-order valence-corrected chi connectivity index (χ4v) is 4.12. The highest BCUT2D eigenvalue weighted by Gasteiger charge is 2.36. The molecule has 7 heteroatoms. The predicted molar refractivity (Wildman–Crippen MR) is 114 cm³/mol. The van der Waals surface area contributed by atoms with Crippen molar-refractivity contribution < 1.29 is 13.9 Å². The summed E-state index contributed by atoms with van der Waals surface area (Å²) < 4.78 is 24.7. The summed E-state index contributed by atoms with van der Waals surface area (Å²) in [7, 11) is 1.62. The van der Waals surface area contributed by atoms with Crippen LogP contribution in [-0.2, 0) is 0 Å². The van der Waals surface area contributed by atoms with Crippen molar-refractivity contribution in [3.05, 3.63) is 89.1 Å². The first-order valence-corrected chi connectivity index (χ1v) is 9.59. The van der Waals surface area contributed by atoms with Gasteiger partial charge in [0.2, 0.25) is 11.8 Å². The molecule has 1 aliphatic heterocycles. The van der Waals surface area contributed by atoms with Crippen LogP contribution in [0, 0.1) is 17.1 Å². The molecular formula is C24H17FN4O2. The maximum absolute atomic E-state index is 13.5. The number of allylic oxidation sites excluding steroid dienone is 1. The van der Waals surface area contributed by atoms with E-state index >= 15 is 0 Å². The highest BCUT2D eigenvalue weighted by Crippen LogP contribution is 2.48. The Morgan fingerprint density at radius 2 is 1.84 bits per heavy atom. The van der Waals surface area contributed by atoms with Crippen LogP contribution in [0.25, 0.3) is 22.0 Å². The van der Waals surface area contributed by atoms with E-state index in [-0.39, 0.29) is 17.3 Å². The predicted octanol–water partition coefficient (Wildman–Crippen LogP) is 4.60. The lowest BCUT2D eigenvalue weighted by atomic mass is 9.81. The summed E-state index contributed by atoms with van der Waals surface area (Å²) in [5.74, 6) is 0.169. The Hall–Kier alpha value is -4.31. The van der Waals surface area contributed by atoms with E-state index < -0.39 is 5.92 Å². The molecule has 4 aromatic rings. The van der Waals surface area contributed by atoms with Gasteiger partial charge in [-0.05, 0) is 41.3 Å². The molecule has 1 aromatic heterocycles. The molecule has 152 valence electrons. The van der Waals surface area contributed by atoms with E-state index in [0.717, 1.165) is 27.6 Å². The molecule has 0 fully saturated rings. The van der Waals surface area contributed by atoms with Gasteiger partial charge in [-0.25, -0.2) is 4.39 Å². The topological polar surface area (TPSA) is 96.9 Å². The Bertz CT molecular complexity index is 1380. The third-order valence-electron chi connectivity index (χ3n) is 5.52. The summed E-state index contributed by atoms with van der Waals surface area (Å²) in [5, 5.41) is 19.0. The number of H-pyrrole nitrogens is 1. The summed E-state index contributed by atoms with van der Waals surface area (Å²) in [6.45, 7) is 0. The van der Waals surface area contributed by atoms with Crippen LogP contribution < -0.4 is 15.2 Å². The van der Waals surface area contributed by atoms with Crippen molar-refractivity contribution in [2.75, 3.05) is 7.11 Å². The smallest absolute Gasteiger partial charge is 0.244 e. The van der Waals surface area contributed by atoms with Gasteiger partial charge in [0.25, 0.3) is 0 Å². The number of halogens is 1. The van der Waals surface area contributed by atoms with Gasteiger partial charge in [-0.3, -0.25) is 5.10 Å². The van der Waals surface area contributed by atoms with Gasteiger partial charge >= 0.3 is 0 Å². The van der Waals surface area contributed by atoms with Crippen molar-refractivity contribution >= 4 is 10.8 Å². The Kier molecular flexibility index (Phi) is 4.33. The zero-order valence-corrected chi connectivity index (χ0v) is 16.5. The number of hydrogen-bond donors (Lipinski definition) is 2. The number of fused-ring (bicyclic) bond motifs is 2. The van der Waals surface area contributed by atoms with Gasteiger partial charge in [0.1, 0.15) is 23.2 Å². The average molecular weight is 412 g/mol. The first kappa shape index (κ1) is 18.7. The second-order valence-corrected chi connectivity index (χ2v) is 7.15. The Labute approximate surface area is 177 Å². The van der Waals surface area contributed by atoms with E-state index in [4.69, 9.17) is 15.2 Å². The molecule has 1 aliphatic rings. The van der Waals surface area contributed by atoms with Crippen molar-refractivity contribution in [2.45, 2.75) is 5.92 Å². The highest BCUT2D eigenvalue weighted by molar-refractivity contribution is 5.93. The minimum atomic E-state index is -0.525. The van der Waals surface area contributed by atoms with E-state index in [1.807, 2.05) is 36.4 Å². The zero-order chi connectivity index (χ0) is 21.5. The third kappa shape index (κ3) is 2.89. The highest BCUT2D eigenvalue weighted by atomic mass is 19.1. The molecule has 1 atom stereocenters. The lowest BCUT2D eigenvalue weighted by Gasteiger charge is -2.25. The molecule has 0 amide bonds. The van der Waals surface area contributed by atoms with Crippen LogP contribution >= 0.6 is 0 Å². The molecule has 5 rings (SSSR count). The number of ether oxygens (including phenoxy) is 2. The number of methoxy groups -OCH3 is 1. The number of aromatic amines is 1. The van der Waals surface area contributed by atoms with Crippen molar-refractivity contribution in [2.24, 2.45) is 5.73 Å². The summed E-state index contributed by atoms with van der Waals surface area (Å²) in [6, 6.07) is 19.9. The van der Waals surface area contributed by atoms with Crippen LogP contribution in [0.3, 0.4) is 0 Å². The van der Waals surface area contributed by atoms with Gasteiger partial charge < -0.3 is 15.2 Å². The number of benzene rings is 3. The lowest BCUT2D eigenvalue weighted by Crippen LogP contribution is -2.21. The van der Waals surface area contributed by atoms with E-state index in [2.05, 4.69) is 16.3 Å². The third-order valence-corrected chi connectivity index (χ3v) is 5.52. The van der Waals surface area contributed by atoms with Gasteiger partial charge in [-0.15, -0.1) is 5.10 Å². The van der Waals surface area contributed by atoms with Crippen LogP contribution in [0.4, 0.5) is 4.39 Å². The number of aromatic nitrogens is 2. The maximum atomic E-state index is 13.5. The van der Waals surface area contributed by atoms with Gasteiger partial charge in [0.05, 0.1) is 24.3 Å². The first-order chi connectivity index (χ1) is 15.1. The molecule has 0 saturated heterocycles. The van der Waals surface area contributed by atoms with E-state index in [1.54, 1.807) is 19.2 Å². The monoisotopic (exact) mass is 412 g/mol.